The highest BCUT2D eigenvalue weighted by molar-refractivity contribution is 5.76. The van der Waals surface area contributed by atoms with Crippen molar-refractivity contribution in [3.05, 3.63) is 78.5 Å². The van der Waals surface area contributed by atoms with Crippen LogP contribution in [0, 0.1) is 5.41 Å². The van der Waals surface area contributed by atoms with E-state index < -0.39 is 5.41 Å². The number of esters is 1. The standard InChI is InChI=1S/C23H25N3O2/c1-23(2,22(27)28-15-17-6-4-3-5-7-17)16-26-21-13-10-19(14-25-21)18-8-11-20(24)12-9-18/h3-14H,15-16,24H2,1-2H3,(H,25,26). The number of pyridine rings is 1. The van der Waals surface area contributed by atoms with Gasteiger partial charge in [-0.1, -0.05) is 42.5 Å². The summed E-state index contributed by atoms with van der Waals surface area (Å²) in [6.45, 7) is 4.42. The fourth-order valence-electron chi connectivity index (χ4n) is 2.65. The number of rotatable bonds is 7. The first kappa shape index (κ1) is 19.4. The molecule has 5 nitrogen and oxygen atoms in total. The van der Waals surface area contributed by atoms with E-state index in [0.717, 1.165) is 22.4 Å². The molecule has 0 fully saturated rings. The number of ether oxygens (including phenoxy) is 1. The average Bonchev–Trinajstić information content (AvgIpc) is 2.72. The Labute approximate surface area is 165 Å². The molecular formula is C23H25N3O2. The van der Waals surface area contributed by atoms with Crippen LogP contribution in [0.4, 0.5) is 11.5 Å². The molecule has 0 atom stereocenters. The van der Waals surface area contributed by atoms with E-state index >= 15 is 0 Å². The van der Waals surface area contributed by atoms with E-state index in [2.05, 4.69) is 10.3 Å². The van der Waals surface area contributed by atoms with Gasteiger partial charge in [-0.25, -0.2) is 4.98 Å². The molecule has 2 aromatic carbocycles. The van der Waals surface area contributed by atoms with Crippen LogP contribution in [0.15, 0.2) is 72.9 Å². The molecule has 0 bridgehead atoms. The highest BCUT2D eigenvalue weighted by Crippen LogP contribution is 2.22. The van der Waals surface area contributed by atoms with Crippen molar-refractivity contribution in [2.45, 2.75) is 20.5 Å². The maximum atomic E-state index is 12.4. The Bertz CT molecular complexity index is 905. The van der Waals surface area contributed by atoms with Crippen LogP contribution < -0.4 is 11.1 Å². The van der Waals surface area contributed by atoms with Crippen molar-refractivity contribution in [2.24, 2.45) is 5.41 Å². The molecule has 0 aliphatic heterocycles. The van der Waals surface area contributed by atoms with Crippen molar-refractivity contribution in [3.63, 3.8) is 0 Å². The number of nitrogens with two attached hydrogens (primary N) is 1. The van der Waals surface area contributed by atoms with Crippen LogP contribution in [0.25, 0.3) is 11.1 Å². The van der Waals surface area contributed by atoms with E-state index in [1.54, 1.807) is 6.20 Å². The van der Waals surface area contributed by atoms with Gasteiger partial charge in [-0.15, -0.1) is 0 Å². The molecule has 3 rings (SSSR count). The third-order valence-corrected chi connectivity index (χ3v) is 4.48. The topological polar surface area (TPSA) is 77.2 Å². The second-order valence-electron chi connectivity index (χ2n) is 7.35. The molecule has 0 radical (unpaired) electrons. The number of benzene rings is 2. The monoisotopic (exact) mass is 375 g/mol. The van der Waals surface area contributed by atoms with Crippen molar-refractivity contribution >= 4 is 17.5 Å². The lowest BCUT2D eigenvalue weighted by atomic mass is 9.93. The molecule has 0 saturated heterocycles. The van der Waals surface area contributed by atoms with E-state index in [1.807, 2.05) is 80.6 Å². The minimum absolute atomic E-state index is 0.248. The molecule has 3 N–H and O–H groups in total. The van der Waals surface area contributed by atoms with Crippen LogP contribution in [-0.4, -0.2) is 17.5 Å². The predicted octanol–water partition coefficient (Wildman–Crippen LogP) is 4.51. The fraction of sp³-hybridized carbons (Fsp3) is 0.217. The summed E-state index contributed by atoms with van der Waals surface area (Å²) in [5.74, 6) is 0.463. The first-order valence-electron chi connectivity index (χ1n) is 9.21. The number of aromatic nitrogens is 1. The lowest BCUT2D eigenvalue weighted by molar-refractivity contribution is -0.154. The number of carbonyl (C=O) groups is 1. The normalized spacial score (nSPS) is 11.1. The van der Waals surface area contributed by atoms with Crippen LogP contribution in [0.5, 0.6) is 0 Å². The summed E-state index contributed by atoms with van der Waals surface area (Å²) in [6, 6.07) is 21.2. The van der Waals surface area contributed by atoms with E-state index in [1.165, 1.54) is 0 Å². The molecule has 5 heteroatoms. The van der Waals surface area contributed by atoms with Gasteiger partial charge in [-0.2, -0.15) is 0 Å². The Morgan fingerprint density at radius 1 is 1.00 bits per heavy atom. The quantitative estimate of drug-likeness (QED) is 0.469. The number of nitrogens with zero attached hydrogens (tertiary/aromatic N) is 1. The molecule has 1 aromatic heterocycles. The molecule has 3 aromatic rings. The van der Waals surface area contributed by atoms with Gasteiger partial charge in [0.1, 0.15) is 12.4 Å². The lowest BCUT2D eigenvalue weighted by Crippen LogP contribution is -2.33. The number of anilines is 2. The molecule has 0 spiro atoms. The highest BCUT2D eigenvalue weighted by Gasteiger charge is 2.29. The maximum absolute atomic E-state index is 12.4. The molecule has 28 heavy (non-hydrogen) atoms. The zero-order valence-corrected chi connectivity index (χ0v) is 16.2. The molecule has 0 unspecified atom stereocenters. The van der Waals surface area contributed by atoms with Gasteiger partial charge in [0.2, 0.25) is 0 Å². The molecule has 144 valence electrons. The zero-order valence-electron chi connectivity index (χ0n) is 16.2. The molecular weight excluding hydrogens is 350 g/mol. The predicted molar refractivity (Wildman–Crippen MR) is 113 cm³/mol. The maximum Gasteiger partial charge on any atom is 0.313 e. The molecule has 0 aliphatic carbocycles. The average molecular weight is 375 g/mol. The van der Waals surface area contributed by atoms with Gasteiger partial charge >= 0.3 is 5.97 Å². The van der Waals surface area contributed by atoms with E-state index in [4.69, 9.17) is 10.5 Å². The summed E-state index contributed by atoms with van der Waals surface area (Å²) in [7, 11) is 0. The molecule has 0 saturated carbocycles. The largest absolute Gasteiger partial charge is 0.460 e. The minimum Gasteiger partial charge on any atom is -0.460 e. The third kappa shape index (κ3) is 5.10. The van der Waals surface area contributed by atoms with Crippen LogP contribution >= 0.6 is 0 Å². The summed E-state index contributed by atoms with van der Waals surface area (Å²) < 4.78 is 5.46. The number of hydrogen-bond donors (Lipinski definition) is 2. The van der Waals surface area contributed by atoms with E-state index in [-0.39, 0.29) is 12.6 Å². The van der Waals surface area contributed by atoms with Crippen molar-refractivity contribution in [1.82, 2.24) is 4.98 Å². The molecule has 0 amide bonds. The summed E-state index contributed by atoms with van der Waals surface area (Å²) in [5.41, 5.74) is 8.82. The van der Waals surface area contributed by atoms with E-state index in [9.17, 15) is 4.79 Å². The fourth-order valence-corrected chi connectivity index (χ4v) is 2.65. The Balaban J connectivity index is 1.54. The highest BCUT2D eigenvalue weighted by atomic mass is 16.5. The van der Waals surface area contributed by atoms with Crippen molar-refractivity contribution in [3.8, 4) is 11.1 Å². The first-order chi connectivity index (χ1) is 13.4. The number of carbonyl (C=O) groups excluding carboxylic acids is 1. The van der Waals surface area contributed by atoms with Crippen molar-refractivity contribution < 1.29 is 9.53 Å². The van der Waals surface area contributed by atoms with Gasteiger partial charge in [0.05, 0.1) is 5.41 Å². The minimum atomic E-state index is -0.675. The Morgan fingerprint density at radius 2 is 1.68 bits per heavy atom. The molecule has 1 heterocycles. The zero-order chi connectivity index (χ0) is 20.0. The van der Waals surface area contributed by atoms with Crippen LogP contribution in [-0.2, 0) is 16.1 Å². The summed E-state index contributed by atoms with van der Waals surface area (Å²) in [6.07, 6.45) is 1.80. The van der Waals surface area contributed by atoms with E-state index in [0.29, 0.717) is 12.4 Å². The lowest BCUT2D eigenvalue weighted by Gasteiger charge is -2.23. The van der Waals surface area contributed by atoms with Crippen molar-refractivity contribution in [2.75, 3.05) is 17.6 Å². The van der Waals surface area contributed by atoms with Gasteiger partial charge < -0.3 is 15.8 Å². The van der Waals surface area contributed by atoms with Crippen LogP contribution in [0.3, 0.4) is 0 Å². The van der Waals surface area contributed by atoms with Gasteiger partial charge in [-0.05, 0) is 49.2 Å². The number of nitrogen functional groups attached to an aromatic ring is 1. The SMILES string of the molecule is CC(C)(CNc1ccc(-c2ccc(N)cc2)cn1)C(=O)OCc1ccccc1. The van der Waals surface area contributed by atoms with Gasteiger partial charge in [0.25, 0.3) is 0 Å². The number of hydrogen-bond acceptors (Lipinski definition) is 5. The number of nitrogens with one attached hydrogen (secondary N) is 1. The Morgan fingerprint density at radius 3 is 2.32 bits per heavy atom. The van der Waals surface area contributed by atoms with Gasteiger partial charge in [0.15, 0.2) is 0 Å². The Hall–Kier alpha value is -3.34. The smallest absolute Gasteiger partial charge is 0.313 e. The first-order valence-corrected chi connectivity index (χ1v) is 9.21. The Kier molecular flexibility index (Phi) is 5.94. The summed E-state index contributed by atoms with van der Waals surface area (Å²) >= 11 is 0. The third-order valence-electron chi connectivity index (χ3n) is 4.48. The second-order valence-corrected chi connectivity index (χ2v) is 7.35. The molecule has 0 aliphatic rings. The van der Waals surface area contributed by atoms with Crippen molar-refractivity contribution in [1.29, 1.82) is 0 Å². The van der Waals surface area contributed by atoms with Crippen LogP contribution in [0.1, 0.15) is 19.4 Å². The second kappa shape index (κ2) is 8.57. The van der Waals surface area contributed by atoms with Gasteiger partial charge in [-0.3, -0.25) is 4.79 Å². The van der Waals surface area contributed by atoms with Gasteiger partial charge in [0, 0.05) is 24.0 Å². The summed E-state index contributed by atoms with van der Waals surface area (Å²) in [4.78, 5) is 16.9. The van der Waals surface area contributed by atoms with Crippen LogP contribution in [0.2, 0.25) is 0 Å². The summed E-state index contributed by atoms with van der Waals surface area (Å²) in [5, 5.41) is 3.22.